The molecule has 3 aromatic rings. The lowest BCUT2D eigenvalue weighted by atomic mass is 10.1. The Morgan fingerprint density at radius 3 is 2.65 bits per heavy atom. The first-order valence-corrected chi connectivity index (χ1v) is 8.54. The molecular weight excluding hydrogens is 330 g/mol. The second kappa shape index (κ2) is 7.77. The predicted octanol–water partition coefficient (Wildman–Crippen LogP) is 3.18. The maximum atomic E-state index is 12.7. The maximum absolute atomic E-state index is 12.7. The van der Waals surface area contributed by atoms with Gasteiger partial charge in [-0.15, -0.1) is 10.2 Å². The van der Waals surface area contributed by atoms with Crippen molar-refractivity contribution in [3.63, 3.8) is 0 Å². The summed E-state index contributed by atoms with van der Waals surface area (Å²) in [6.45, 7) is 6.29. The van der Waals surface area contributed by atoms with Gasteiger partial charge in [0.2, 0.25) is 5.88 Å². The van der Waals surface area contributed by atoms with Gasteiger partial charge in [-0.3, -0.25) is 4.79 Å². The molecule has 0 radical (unpaired) electrons. The second-order valence-corrected chi connectivity index (χ2v) is 5.68. The fraction of sp³-hybridized carbons (Fsp3) is 0.263. The van der Waals surface area contributed by atoms with Crippen LogP contribution in [0, 0.1) is 6.92 Å². The van der Waals surface area contributed by atoms with Gasteiger partial charge in [0.1, 0.15) is 0 Å². The summed E-state index contributed by atoms with van der Waals surface area (Å²) in [5, 5.41) is 15.3. The van der Waals surface area contributed by atoms with E-state index in [1.165, 1.54) is 6.20 Å². The standard InChI is InChI=1S/C19H21N5O2/c1-4-14-8-6-7-9-16(14)21-19(25)15-12-20-24(13(15)3)17-10-11-18(23-22-17)26-5-2/h6-12H,4-5H2,1-3H3,(H,21,25). The van der Waals surface area contributed by atoms with Crippen LogP contribution in [0.5, 0.6) is 5.88 Å². The normalized spacial score (nSPS) is 10.6. The molecule has 0 unspecified atom stereocenters. The van der Waals surface area contributed by atoms with E-state index in [2.05, 4.69) is 27.5 Å². The summed E-state index contributed by atoms with van der Waals surface area (Å²) >= 11 is 0. The number of nitrogens with one attached hydrogen (secondary N) is 1. The molecule has 0 bridgehead atoms. The van der Waals surface area contributed by atoms with Gasteiger partial charge < -0.3 is 10.1 Å². The number of nitrogens with zero attached hydrogens (tertiary/aromatic N) is 4. The third-order valence-corrected chi connectivity index (χ3v) is 4.04. The molecule has 0 spiro atoms. The number of anilines is 1. The van der Waals surface area contributed by atoms with E-state index in [-0.39, 0.29) is 5.91 Å². The highest BCUT2D eigenvalue weighted by Gasteiger charge is 2.17. The smallest absolute Gasteiger partial charge is 0.259 e. The fourth-order valence-electron chi connectivity index (χ4n) is 2.65. The molecule has 7 nitrogen and oxygen atoms in total. The van der Waals surface area contributed by atoms with Gasteiger partial charge in [-0.2, -0.15) is 5.10 Å². The molecule has 1 amide bonds. The number of aryl methyl sites for hydroxylation is 1. The van der Waals surface area contributed by atoms with Crippen LogP contribution < -0.4 is 10.1 Å². The molecule has 0 aliphatic heterocycles. The minimum atomic E-state index is -0.200. The van der Waals surface area contributed by atoms with Crippen molar-refractivity contribution in [1.82, 2.24) is 20.0 Å². The average Bonchev–Trinajstić information content (AvgIpc) is 3.04. The zero-order valence-corrected chi connectivity index (χ0v) is 15.1. The monoisotopic (exact) mass is 351 g/mol. The number of hydrogen-bond acceptors (Lipinski definition) is 5. The molecule has 7 heteroatoms. The largest absolute Gasteiger partial charge is 0.477 e. The van der Waals surface area contributed by atoms with Crippen LogP contribution in [0.4, 0.5) is 5.69 Å². The van der Waals surface area contributed by atoms with Crippen molar-refractivity contribution in [2.45, 2.75) is 27.2 Å². The molecule has 26 heavy (non-hydrogen) atoms. The number of amides is 1. The van der Waals surface area contributed by atoms with Gasteiger partial charge in [-0.05, 0) is 38.0 Å². The van der Waals surface area contributed by atoms with Gasteiger partial charge in [-0.1, -0.05) is 25.1 Å². The number of aromatic nitrogens is 4. The summed E-state index contributed by atoms with van der Waals surface area (Å²) in [5.41, 5.74) is 3.08. The van der Waals surface area contributed by atoms with Gasteiger partial charge in [-0.25, -0.2) is 4.68 Å². The lowest BCUT2D eigenvalue weighted by Gasteiger charge is -2.09. The lowest BCUT2D eigenvalue weighted by molar-refractivity contribution is 0.102. The third kappa shape index (κ3) is 3.56. The van der Waals surface area contributed by atoms with Gasteiger partial charge in [0.05, 0.1) is 24.1 Å². The van der Waals surface area contributed by atoms with E-state index in [0.717, 1.165) is 17.7 Å². The van der Waals surface area contributed by atoms with Crippen LogP contribution in [0.1, 0.15) is 35.5 Å². The highest BCUT2D eigenvalue weighted by atomic mass is 16.5. The summed E-state index contributed by atoms with van der Waals surface area (Å²) in [7, 11) is 0. The minimum Gasteiger partial charge on any atom is -0.477 e. The number of benzene rings is 1. The van der Waals surface area contributed by atoms with Crippen molar-refractivity contribution in [2.24, 2.45) is 0 Å². The van der Waals surface area contributed by atoms with E-state index in [4.69, 9.17) is 4.74 Å². The van der Waals surface area contributed by atoms with Crippen LogP contribution in [-0.4, -0.2) is 32.5 Å². The Morgan fingerprint density at radius 2 is 1.96 bits per heavy atom. The molecule has 1 N–H and O–H groups in total. The fourth-order valence-corrected chi connectivity index (χ4v) is 2.65. The quantitative estimate of drug-likeness (QED) is 0.737. The van der Waals surface area contributed by atoms with E-state index in [1.54, 1.807) is 16.8 Å². The molecule has 0 fully saturated rings. The number of ether oxygens (including phenoxy) is 1. The Kier molecular flexibility index (Phi) is 5.26. The van der Waals surface area contributed by atoms with E-state index in [1.807, 2.05) is 38.1 Å². The summed E-state index contributed by atoms with van der Waals surface area (Å²) in [6, 6.07) is 11.2. The Morgan fingerprint density at radius 1 is 1.15 bits per heavy atom. The first kappa shape index (κ1) is 17.6. The Labute approximate surface area is 152 Å². The number of hydrogen-bond donors (Lipinski definition) is 1. The van der Waals surface area contributed by atoms with Gasteiger partial charge in [0.15, 0.2) is 5.82 Å². The highest BCUT2D eigenvalue weighted by Crippen LogP contribution is 2.19. The highest BCUT2D eigenvalue weighted by molar-refractivity contribution is 6.05. The van der Waals surface area contributed by atoms with E-state index in [0.29, 0.717) is 29.6 Å². The molecule has 0 atom stereocenters. The number of carbonyl (C=O) groups is 1. The van der Waals surface area contributed by atoms with Crippen LogP contribution in [0.15, 0.2) is 42.6 Å². The molecule has 0 saturated heterocycles. The minimum absolute atomic E-state index is 0.200. The molecule has 0 aliphatic rings. The zero-order chi connectivity index (χ0) is 18.5. The SMILES string of the molecule is CCOc1ccc(-n2ncc(C(=O)Nc3ccccc3CC)c2C)nn1. The number of rotatable bonds is 6. The van der Waals surface area contributed by atoms with Crippen LogP contribution >= 0.6 is 0 Å². The van der Waals surface area contributed by atoms with Crippen LogP contribution in [0.2, 0.25) is 0 Å². The van der Waals surface area contributed by atoms with Crippen LogP contribution in [-0.2, 0) is 6.42 Å². The number of carbonyl (C=O) groups excluding carboxylic acids is 1. The van der Waals surface area contributed by atoms with Crippen molar-refractivity contribution < 1.29 is 9.53 Å². The van der Waals surface area contributed by atoms with Gasteiger partial charge >= 0.3 is 0 Å². The summed E-state index contributed by atoms with van der Waals surface area (Å²) in [5.74, 6) is 0.780. The molecule has 0 aliphatic carbocycles. The van der Waals surface area contributed by atoms with Crippen molar-refractivity contribution in [3.8, 4) is 11.7 Å². The van der Waals surface area contributed by atoms with Crippen LogP contribution in [0.3, 0.4) is 0 Å². The molecule has 134 valence electrons. The molecule has 0 saturated carbocycles. The van der Waals surface area contributed by atoms with E-state index < -0.39 is 0 Å². The van der Waals surface area contributed by atoms with Gasteiger partial charge in [0, 0.05) is 11.8 Å². The lowest BCUT2D eigenvalue weighted by Crippen LogP contribution is -2.14. The Balaban J connectivity index is 1.83. The number of para-hydroxylation sites is 1. The summed E-state index contributed by atoms with van der Waals surface area (Å²) < 4.78 is 6.88. The molecular formula is C19H21N5O2. The van der Waals surface area contributed by atoms with E-state index >= 15 is 0 Å². The summed E-state index contributed by atoms with van der Waals surface area (Å²) in [4.78, 5) is 12.7. The second-order valence-electron chi connectivity index (χ2n) is 5.68. The maximum Gasteiger partial charge on any atom is 0.259 e. The molecule has 3 rings (SSSR count). The Bertz CT molecular complexity index is 903. The molecule has 2 aromatic heterocycles. The van der Waals surface area contributed by atoms with E-state index in [9.17, 15) is 4.79 Å². The molecule has 1 aromatic carbocycles. The van der Waals surface area contributed by atoms with Crippen LogP contribution in [0.25, 0.3) is 5.82 Å². The predicted molar refractivity (Wildman–Crippen MR) is 98.8 cm³/mol. The topological polar surface area (TPSA) is 81.9 Å². The van der Waals surface area contributed by atoms with Crippen molar-refractivity contribution in [1.29, 1.82) is 0 Å². The van der Waals surface area contributed by atoms with Crippen molar-refractivity contribution in [3.05, 3.63) is 59.4 Å². The first-order valence-electron chi connectivity index (χ1n) is 8.54. The van der Waals surface area contributed by atoms with Gasteiger partial charge in [0.25, 0.3) is 5.91 Å². The molecule has 2 heterocycles. The first-order chi connectivity index (χ1) is 12.6. The zero-order valence-electron chi connectivity index (χ0n) is 15.1. The average molecular weight is 351 g/mol. The Hall–Kier alpha value is -3.22. The van der Waals surface area contributed by atoms with Crippen molar-refractivity contribution in [2.75, 3.05) is 11.9 Å². The summed E-state index contributed by atoms with van der Waals surface area (Å²) in [6.07, 6.45) is 2.38. The third-order valence-electron chi connectivity index (χ3n) is 4.04. The van der Waals surface area contributed by atoms with Crippen molar-refractivity contribution >= 4 is 11.6 Å².